The molecule has 0 aliphatic carbocycles. The van der Waals surface area contributed by atoms with Crippen LogP contribution in [-0.4, -0.2) is 27.6 Å². The Morgan fingerprint density at radius 2 is 2.35 bits per heavy atom. The Balaban J connectivity index is 2.20. The summed E-state index contributed by atoms with van der Waals surface area (Å²) in [5, 5.41) is 7.56. The molecule has 0 aliphatic heterocycles. The largest absolute Gasteiger partial charge is 0.464 e. The Labute approximate surface area is 101 Å². The van der Waals surface area contributed by atoms with E-state index in [1.165, 1.54) is 4.68 Å². The number of hydrogen-bond acceptors (Lipinski definition) is 5. The molecule has 6 nitrogen and oxygen atoms in total. The van der Waals surface area contributed by atoms with Crippen LogP contribution in [0, 0.1) is 5.92 Å². The SMILES string of the molecule is CC(C)CCCOC(=O)Cn1cc(CN)nn1. The number of ether oxygens (including phenoxy) is 1. The Morgan fingerprint density at radius 3 is 2.94 bits per heavy atom. The van der Waals surface area contributed by atoms with Crippen molar-refractivity contribution in [2.75, 3.05) is 6.61 Å². The van der Waals surface area contributed by atoms with E-state index < -0.39 is 0 Å². The van der Waals surface area contributed by atoms with E-state index >= 15 is 0 Å². The zero-order valence-corrected chi connectivity index (χ0v) is 10.4. The zero-order valence-electron chi connectivity index (χ0n) is 10.4. The van der Waals surface area contributed by atoms with Gasteiger partial charge in [-0.1, -0.05) is 19.1 Å². The highest BCUT2D eigenvalue weighted by Gasteiger charge is 2.06. The van der Waals surface area contributed by atoms with Crippen molar-refractivity contribution in [3.05, 3.63) is 11.9 Å². The highest BCUT2D eigenvalue weighted by atomic mass is 16.5. The normalized spacial score (nSPS) is 10.8. The standard InChI is InChI=1S/C11H20N4O2/c1-9(2)4-3-5-17-11(16)8-15-7-10(6-12)13-14-15/h7,9H,3-6,8,12H2,1-2H3. The molecule has 17 heavy (non-hydrogen) atoms. The summed E-state index contributed by atoms with van der Waals surface area (Å²) in [6.45, 7) is 5.17. The van der Waals surface area contributed by atoms with Gasteiger partial charge in [-0.3, -0.25) is 4.79 Å². The van der Waals surface area contributed by atoms with Crippen LogP contribution in [0.25, 0.3) is 0 Å². The van der Waals surface area contributed by atoms with Gasteiger partial charge in [-0.05, 0) is 18.8 Å². The molecule has 0 fully saturated rings. The molecule has 0 aliphatic rings. The lowest BCUT2D eigenvalue weighted by molar-refractivity contribution is -0.144. The van der Waals surface area contributed by atoms with Crippen LogP contribution in [0.2, 0.25) is 0 Å². The maximum atomic E-state index is 11.4. The molecule has 0 atom stereocenters. The van der Waals surface area contributed by atoms with E-state index in [1.807, 2.05) is 0 Å². The summed E-state index contributed by atoms with van der Waals surface area (Å²) in [7, 11) is 0. The minimum absolute atomic E-state index is 0.0919. The minimum Gasteiger partial charge on any atom is -0.464 e. The monoisotopic (exact) mass is 240 g/mol. The van der Waals surface area contributed by atoms with E-state index in [0.717, 1.165) is 12.8 Å². The van der Waals surface area contributed by atoms with E-state index in [2.05, 4.69) is 24.2 Å². The average Bonchev–Trinajstić information content (AvgIpc) is 2.72. The van der Waals surface area contributed by atoms with Gasteiger partial charge in [-0.25, -0.2) is 4.68 Å². The molecular weight excluding hydrogens is 220 g/mol. The summed E-state index contributed by atoms with van der Waals surface area (Å²) in [5.74, 6) is 0.346. The van der Waals surface area contributed by atoms with Crippen LogP contribution in [0.15, 0.2) is 6.20 Å². The molecule has 1 heterocycles. The molecule has 0 amide bonds. The lowest BCUT2D eigenvalue weighted by Crippen LogP contribution is -2.15. The number of carbonyl (C=O) groups is 1. The number of hydrogen-bond donors (Lipinski definition) is 1. The lowest BCUT2D eigenvalue weighted by Gasteiger charge is -2.06. The van der Waals surface area contributed by atoms with E-state index in [4.69, 9.17) is 10.5 Å². The van der Waals surface area contributed by atoms with Crippen molar-refractivity contribution in [1.29, 1.82) is 0 Å². The third-order valence-corrected chi connectivity index (χ3v) is 2.28. The summed E-state index contributed by atoms with van der Waals surface area (Å²) in [6, 6.07) is 0. The van der Waals surface area contributed by atoms with Gasteiger partial charge in [0.25, 0.3) is 0 Å². The van der Waals surface area contributed by atoms with Crippen LogP contribution in [0.5, 0.6) is 0 Å². The van der Waals surface area contributed by atoms with Gasteiger partial charge in [-0.2, -0.15) is 0 Å². The molecule has 0 bridgehead atoms. The fourth-order valence-electron chi connectivity index (χ4n) is 1.36. The molecule has 1 aromatic heterocycles. The Kier molecular flexibility index (Phi) is 5.62. The number of aromatic nitrogens is 3. The van der Waals surface area contributed by atoms with Crippen molar-refractivity contribution in [2.45, 2.75) is 39.8 Å². The van der Waals surface area contributed by atoms with Gasteiger partial charge in [0.15, 0.2) is 0 Å². The van der Waals surface area contributed by atoms with Gasteiger partial charge in [-0.15, -0.1) is 5.10 Å². The topological polar surface area (TPSA) is 83.0 Å². The molecule has 0 radical (unpaired) electrons. The van der Waals surface area contributed by atoms with Gasteiger partial charge in [0.05, 0.1) is 18.5 Å². The van der Waals surface area contributed by atoms with Crippen LogP contribution >= 0.6 is 0 Å². The number of rotatable bonds is 7. The Bertz CT molecular complexity index is 349. The second-order valence-corrected chi connectivity index (χ2v) is 4.37. The molecule has 2 N–H and O–H groups in total. The van der Waals surface area contributed by atoms with Crippen molar-refractivity contribution in [3.63, 3.8) is 0 Å². The quantitative estimate of drug-likeness (QED) is 0.560. The highest BCUT2D eigenvalue weighted by Crippen LogP contribution is 2.03. The van der Waals surface area contributed by atoms with Crippen LogP contribution in [-0.2, 0) is 22.6 Å². The second kappa shape index (κ2) is 7.01. The van der Waals surface area contributed by atoms with Crippen molar-refractivity contribution in [2.24, 2.45) is 11.7 Å². The van der Waals surface area contributed by atoms with Crippen LogP contribution in [0.4, 0.5) is 0 Å². The highest BCUT2D eigenvalue weighted by molar-refractivity contribution is 5.68. The van der Waals surface area contributed by atoms with Gasteiger partial charge in [0.1, 0.15) is 6.54 Å². The van der Waals surface area contributed by atoms with Crippen LogP contribution in [0.1, 0.15) is 32.4 Å². The van der Waals surface area contributed by atoms with E-state index in [1.54, 1.807) is 6.20 Å². The zero-order chi connectivity index (χ0) is 12.7. The molecule has 6 heteroatoms. The fourth-order valence-corrected chi connectivity index (χ4v) is 1.36. The summed E-state index contributed by atoms with van der Waals surface area (Å²) < 4.78 is 6.52. The fraction of sp³-hybridized carbons (Fsp3) is 0.727. The predicted molar refractivity (Wildman–Crippen MR) is 62.9 cm³/mol. The summed E-state index contributed by atoms with van der Waals surface area (Å²) in [6.07, 6.45) is 3.61. The first kappa shape index (κ1) is 13.6. The number of nitrogens with zero attached hydrogens (tertiary/aromatic N) is 3. The van der Waals surface area contributed by atoms with Crippen LogP contribution in [0.3, 0.4) is 0 Å². The summed E-state index contributed by atoms with van der Waals surface area (Å²) >= 11 is 0. The molecular formula is C11H20N4O2. The predicted octanol–water partition coefficient (Wildman–Crippen LogP) is 0.716. The molecule has 0 saturated heterocycles. The number of esters is 1. The molecule has 96 valence electrons. The molecule has 1 rings (SSSR count). The number of carbonyl (C=O) groups excluding carboxylic acids is 1. The first-order valence-corrected chi connectivity index (χ1v) is 5.86. The minimum atomic E-state index is -0.290. The van der Waals surface area contributed by atoms with E-state index in [9.17, 15) is 4.79 Å². The maximum Gasteiger partial charge on any atom is 0.327 e. The van der Waals surface area contributed by atoms with Gasteiger partial charge in [0.2, 0.25) is 0 Å². The average molecular weight is 240 g/mol. The van der Waals surface area contributed by atoms with Crippen molar-refractivity contribution < 1.29 is 9.53 Å². The van der Waals surface area contributed by atoms with E-state index in [-0.39, 0.29) is 12.5 Å². The van der Waals surface area contributed by atoms with Gasteiger partial charge >= 0.3 is 5.97 Å². The molecule has 0 saturated carbocycles. The molecule has 0 unspecified atom stereocenters. The lowest BCUT2D eigenvalue weighted by atomic mass is 10.1. The second-order valence-electron chi connectivity index (χ2n) is 4.37. The summed E-state index contributed by atoms with van der Waals surface area (Å²) in [4.78, 5) is 11.4. The molecule has 0 aromatic carbocycles. The maximum absolute atomic E-state index is 11.4. The third-order valence-electron chi connectivity index (χ3n) is 2.28. The first-order valence-electron chi connectivity index (χ1n) is 5.86. The van der Waals surface area contributed by atoms with E-state index in [0.29, 0.717) is 24.8 Å². The van der Waals surface area contributed by atoms with Crippen molar-refractivity contribution in [3.8, 4) is 0 Å². The Hall–Kier alpha value is -1.43. The third kappa shape index (κ3) is 5.44. The van der Waals surface area contributed by atoms with Crippen molar-refractivity contribution >= 4 is 5.97 Å². The van der Waals surface area contributed by atoms with Crippen molar-refractivity contribution in [1.82, 2.24) is 15.0 Å². The summed E-state index contributed by atoms with van der Waals surface area (Å²) in [5.41, 5.74) is 6.05. The number of nitrogens with two attached hydrogens (primary N) is 1. The smallest absolute Gasteiger partial charge is 0.327 e. The molecule has 0 spiro atoms. The molecule has 1 aromatic rings. The first-order chi connectivity index (χ1) is 8.11. The van der Waals surface area contributed by atoms with Crippen LogP contribution < -0.4 is 5.73 Å². The Morgan fingerprint density at radius 1 is 1.59 bits per heavy atom. The van der Waals surface area contributed by atoms with Gasteiger partial charge < -0.3 is 10.5 Å². The van der Waals surface area contributed by atoms with Gasteiger partial charge in [0, 0.05) is 6.54 Å².